The quantitative estimate of drug-likeness (QED) is 0.344. The lowest BCUT2D eigenvalue weighted by Crippen LogP contribution is -2.54. The lowest BCUT2D eigenvalue weighted by Gasteiger charge is -2.30. The fourth-order valence-corrected chi connectivity index (χ4v) is 4.46. The third-order valence-electron chi connectivity index (χ3n) is 2.75. The molecule has 0 atom stereocenters. The monoisotopic (exact) mass is 306 g/mol. The van der Waals surface area contributed by atoms with Gasteiger partial charge in [-0.25, -0.2) is 0 Å². The first-order chi connectivity index (χ1) is 9.74. The Morgan fingerprint density at radius 3 is 1.20 bits per heavy atom. The highest BCUT2D eigenvalue weighted by Gasteiger charge is 2.36. The van der Waals surface area contributed by atoms with Gasteiger partial charge in [0.15, 0.2) is 0 Å². The molecule has 5 heteroatoms. The van der Waals surface area contributed by atoms with E-state index in [1.54, 1.807) is 0 Å². The molecular weight excluding hydrogens is 272 g/mol. The summed E-state index contributed by atoms with van der Waals surface area (Å²) in [6.07, 6.45) is 6.14. The predicted octanol–water partition coefficient (Wildman–Crippen LogP) is 3.26. The number of hydrogen-bond donors (Lipinski definition) is 0. The lowest BCUT2D eigenvalue weighted by molar-refractivity contribution is 0.0897. The zero-order valence-corrected chi connectivity index (χ0v) is 14.9. The fourth-order valence-electron chi connectivity index (χ4n) is 1.78. The van der Waals surface area contributed by atoms with E-state index < -0.39 is 8.32 Å². The second-order valence-electron chi connectivity index (χ2n) is 5.19. The van der Waals surface area contributed by atoms with Crippen LogP contribution in [0.15, 0.2) is 0 Å². The Bertz CT molecular complexity index is 176. The van der Waals surface area contributed by atoms with E-state index >= 15 is 0 Å². The average molecular weight is 307 g/mol. The maximum atomic E-state index is 6.18. The van der Waals surface area contributed by atoms with E-state index in [1.807, 2.05) is 0 Å². The summed E-state index contributed by atoms with van der Waals surface area (Å²) in [5.41, 5.74) is 0. The molecule has 0 bridgehead atoms. The standard InChI is InChI=1S/C15H34O4Si/c1-5-9-16-13-20(19-12-8-4,14-17-10-6-2)15-18-11-7-3/h5-15H2,1-4H3. The first-order valence-corrected chi connectivity index (χ1v) is 10.6. The van der Waals surface area contributed by atoms with E-state index in [4.69, 9.17) is 18.6 Å². The summed E-state index contributed by atoms with van der Waals surface area (Å²) in [6, 6.07) is 0. The van der Waals surface area contributed by atoms with Gasteiger partial charge in [-0.15, -0.1) is 0 Å². The summed E-state index contributed by atoms with van der Waals surface area (Å²) in [6.45, 7) is 11.6. The van der Waals surface area contributed by atoms with E-state index in [9.17, 15) is 0 Å². The summed E-state index contributed by atoms with van der Waals surface area (Å²) < 4.78 is 23.5. The van der Waals surface area contributed by atoms with Gasteiger partial charge in [0.05, 0.1) is 18.7 Å². The van der Waals surface area contributed by atoms with Gasteiger partial charge in [-0.2, -0.15) is 0 Å². The van der Waals surface area contributed by atoms with Crippen LogP contribution in [0.4, 0.5) is 0 Å². The second kappa shape index (κ2) is 14.0. The van der Waals surface area contributed by atoms with Gasteiger partial charge in [0.25, 0.3) is 8.32 Å². The van der Waals surface area contributed by atoms with Crippen molar-refractivity contribution in [2.45, 2.75) is 53.4 Å². The van der Waals surface area contributed by atoms with Gasteiger partial charge in [-0.1, -0.05) is 27.7 Å². The first-order valence-electron chi connectivity index (χ1n) is 8.11. The fraction of sp³-hybridized carbons (Fsp3) is 1.00. The highest BCUT2D eigenvalue weighted by Crippen LogP contribution is 2.10. The third kappa shape index (κ3) is 9.88. The Morgan fingerprint density at radius 1 is 0.550 bits per heavy atom. The van der Waals surface area contributed by atoms with Crippen LogP contribution in [0.25, 0.3) is 0 Å². The predicted molar refractivity (Wildman–Crippen MR) is 85.3 cm³/mol. The third-order valence-corrected chi connectivity index (χ3v) is 5.76. The largest absolute Gasteiger partial charge is 0.410 e. The minimum Gasteiger partial charge on any atom is -0.410 e. The van der Waals surface area contributed by atoms with Crippen LogP contribution in [0, 0.1) is 0 Å². The van der Waals surface area contributed by atoms with Crippen LogP contribution < -0.4 is 0 Å². The van der Waals surface area contributed by atoms with Gasteiger partial charge in [0.1, 0.15) is 0 Å². The molecule has 0 aliphatic carbocycles. The Balaban J connectivity index is 4.48. The van der Waals surface area contributed by atoms with Crippen LogP contribution in [0.2, 0.25) is 0 Å². The molecule has 0 unspecified atom stereocenters. The molecule has 0 fully saturated rings. The molecule has 0 aromatic rings. The molecule has 0 rings (SSSR count). The Labute approximate surface area is 126 Å². The zero-order valence-electron chi connectivity index (χ0n) is 13.9. The molecule has 122 valence electrons. The minimum absolute atomic E-state index is 0.675. The molecule has 0 N–H and O–H groups in total. The summed E-state index contributed by atoms with van der Waals surface area (Å²) in [5.74, 6) is 0. The molecule has 0 radical (unpaired) electrons. The highest BCUT2D eigenvalue weighted by atomic mass is 28.4. The van der Waals surface area contributed by atoms with Crippen LogP contribution >= 0.6 is 0 Å². The molecule has 0 saturated carbocycles. The molecule has 0 aromatic carbocycles. The molecular formula is C15H34O4Si. The zero-order chi connectivity index (χ0) is 15.1. The van der Waals surface area contributed by atoms with Gasteiger partial charge in [0.2, 0.25) is 0 Å². The normalized spacial score (nSPS) is 12.0. The molecule has 0 saturated heterocycles. The number of ether oxygens (including phenoxy) is 3. The van der Waals surface area contributed by atoms with E-state index in [0.29, 0.717) is 18.7 Å². The van der Waals surface area contributed by atoms with Crippen LogP contribution in [0.1, 0.15) is 53.4 Å². The average Bonchev–Trinajstić information content (AvgIpc) is 2.46. The Hall–Kier alpha value is 0.0569. The lowest BCUT2D eigenvalue weighted by atomic mass is 10.5. The van der Waals surface area contributed by atoms with Crippen molar-refractivity contribution >= 4 is 8.32 Å². The maximum absolute atomic E-state index is 6.18. The van der Waals surface area contributed by atoms with E-state index in [2.05, 4.69) is 27.7 Å². The number of hydrogen-bond acceptors (Lipinski definition) is 4. The first kappa shape index (κ1) is 20.1. The SMILES string of the molecule is CCCOC[Si](COCCC)(COCCC)OCCC. The molecule has 4 nitrogen and oxygen atoms in total. The van der Waals surface area contributed by atoms with E-state index in [-0.39, 0.29) is 0 Å². The van der Waals surface area contributed by atoms with Crippen molar-refractivity contribution in [1.82, 2.24) is 0 Å². The van der Waals surface area contributed by atoms with E-state index in [0.717, 1.165) is 52.1 Å². The molecule has 0 aromatic heterocycles. The van der Waals surface area contributed by atoms with Crippen LogP contribution in [-0.4, -0.2) is 53.4 Å². The van der Waals surface area contributed by atoms with Crippen LogP contribution in [0.3, 0.4) is 0 Å². The van der Waals surface area contributed by atoms with Crippen molar-refractivity contribution in [2.24, 2.45) is 0 Å². The van der Waals surface area contributed by atoms with Crippen molar-refractivity contribution in [2.75, 3.05) is 45.1 Å². The summed E-state index contributed by atoms with van der Waals surface area (Å²) in [4.78, 5) is 0. The van der Waals surface area contributed by atoms with Crippen molar-refractivity contribution in [3.05, 3.63) is 0 Å². The summed E-state index contributed by atoms with van der Waals surface area (Å²) >= 11 is 0. The van der Waals surface area contributed by atoms with Crippen molar-refractivity contribution < 1.29 is 18.6 Å². The summed E-state index contributed by atoms with van der Waals surface area (Å²) in [5, 5.41) is 0. The topological polar surface area (TPSA) is 36.9 Å². The molecule has 0 aliphatic heterocycles. The maximum Gasteiger partial charge on any atom is 0.268 e. The second-order valence-corrected chi connectivity index (χ2v) is 8.71. The number of rotatable bonds is 15. The van der Waals surface area contributed by atoms with Gasteiger partial charge in [-0.3, -0.25) is 0 Å². The van der Waals surface area contributed by atoms with Gasteiger partial charge in [-0.05, 0) is 25.7 Å². The molecule has 0 spiro atoms. The van der Waals surface area contributed by atoms with Crippen molar-refractivity contribution in [1.29, 1.82) is 0 Å². The molecule has 0 aliphatic rings. The molecule has 20 heavy (non-hydrogen) atoms. The Kier molecular flexibility index (Phi) is 14.1. The van der Waals surface area contributed by atoms with Crippen molar-refractivity contribution in [3.63, 3.8) is 0 Å². The van der Waals surface area contributed by atoms with Gasteiger partial charge in [0, 0.05) is 26.4 Å². The van der Waals surface area contributed by atoms with Crippen molar-refractivity contribution in [3.8, 4) is 0 Å². The minimum atomic E-state index is -2.09. The summed E-state index contributed by atoms with van der Waals surface area (Å²) in [7, 11) is -2.09. The van der Waals surface area contributed by atoms with Crippen LogP contribution in [-0.2, 0) is 18.6 Å². The molecule has 0 heterocycles. The van der Waals surface area contributed by atoms with Gasteiger partial charge >= 0.3 is 0 Å². The smallest absolute Gasteiger partial charge is 0.268 e. The van der Waals surface area contributed by atoms with Gasteiger partial charge < -0.3 is 18.6 Å². The molecule has 0 amide bonds. The Morgan fingerprint density at radius 2 is 0.900 bits per heavy atom. The highest BCUT2D eigenvalue weighted by molar-refractivity contribution is 6.73. The van der Waals surface area contributed by atoms with Crippen LogP contribution in [0.5, 0.6) is 0 Å². The van der Waals surface area contributed by atoms with E-state index in [1.165, 1.54) is 0 Å².